The van der Waals surface area contributed by atoms with Gasteiger partial charge in [-0.3, -0.25) is 0 Å². The van der Waals surface area contributed by atoms with Crippen molar-refractivity contribution in [3.8, 4) is 0 Å². The third kappa shape index (κ3) is 4.40. The predicted molar refractivity (Wildman–Crippen MR) is 69.7 cm³/mol. The van der Waals surface area contributed by atoms with Gasteiger partial charge in [-0.2, -0.15) is 0 Å². The first-order valence-corrected chi connectivity index (χ1v) is 7.99. The molecule has 1 aromatic rings. The molecule has 2 heterocycles. The molecule has 18 heavy (non-hydrogen) atoms. The molecule has 0 aromatic carbocycles. The van der Waals surface area contributed by atoms with E-state index in [0.29, 0.717) is 13.0 Å². The first-order valence-electron chi connectivity index (χ1n) is 6.34. The van der Waals surface area contributed by atoms with E-state index in [0.717, 1.165) is 31.5 Å². The van der Waals surface area contributed by atoms with Gasteiger partial charge in [0.2, 0.25) is 10.0 Å². The number of piperidine rings is 1. The maximum Gasteiger partial charge on any atom is 0.213 e. The standard InChI is InChI=1S/C11H20N4O2S/c16-18(17,8-11-3-1-2-5-13-11)15-6-4-10-7-12-9-14-10/h7,9,11,13,15H,1-6,8H2,(H,12,14). The average Bonchev–Trinajstić information content (AvgIpc) is 2.82. The van der Waals surface area contributed by atoms with Crippen LogP contribution in [-0.2, 0) is 16.4 Å². The summed E-state index contributed by atoms with van der Waals surface area (Å²) in [5.74, 6) is 0.177. The van der Waals surface area contributed by atoms with Crippen molar-refractivity contribution in [2.75, 3.05) is 18.8 Å². The molecule has 7 heteroatoms. The zero-order chi connectivity index (χ0) is 12.8. The summed E-state index contributed by atoms with van der Waals surface area (Å²) < 4.78 is 26.3. The van der Waals surface area contributed by atoms with Crippen LogP contribution in [0.5, 0.6) is 0 Å². The third-order valence-corrected chi connectivity index (χ3v) is 4.59. The second-order valence-corrected chi connectivity index (χ2v) is 6.50. The van der Waals surface area contributed by atoms with Gasteiger partial charge in [-0.1, -0.05) is 6.42 Å². The molecular formula is C11H20N4O2S. The van der Waals surface area contributed by atoms with Crippen LogP contribution < -0.4 is 10.0 Å². The van der Waals surface area contributed by atoms with E-state index in [9.17, 15) is 8.42 Å². The van der Waals surface area contributed by atoms with Crippen molar-refractivity contribution in [2.24, 2.45) is 0 Å². The summed E-state index contributed by atoms with van der Waals surface area (Å²) >= 11 is 0. The van der Waals surface area contributed by atoms with E-state index in [1.54, 1.807) is 12.5 Å². The van der Waals surface area contributed by atoms with E-state index in [4.69, 9.17) is 0 Å². The Morgan fingerprint density at radius 1 is 1.44 bits per heavy atom. The molecule has 1 aliphatic heterocycles. The molecule has 0 aliphatic carbocycles. The molecule has 1 unspecified atom stereocenters. The highest BCUT2D eigenvalue weighted by Gasteiger charge is 2.20. The number of aromatic nitrogens is 2. The van der Waals surface area contributed by atoms with E-state index in [2.05, 4.69) is 20.0 Å². The smallest absolute Gasteiger partial charge is 0.213 e. The number of sulfonamides is 1. The van der Waals surface area contributed by atoms with Gasteiger partial charge in [0.05, 0.1) is 12.1 Å². The molecule has 1 aromatic heterocycles. The Labute approximate surface area is 108 Å². The summed E-state index contributed by atoms with van der Waals surface area (Å²) in [6.07, 6.45) is 7.14. The lowest BCUT2D eigenvalue weighted by Crippen LogP contribution is -2.42. The van der Waals surface area contributed by atoms with Gasteiger partial charge in [0.1, 0.15) is 0 Å². The number of rotatable bonds is 6. The second-order valence-electron chi connectivity index (χ2n) is 4.65. The summed E-state index contributed by atoms with van der Waals surface area (Å²) in [6.45, 7) is 1.34. The van der Waals surface area contributed by atoms with Gasteiger partial charge in [-0.25, -0.2) is 18.1 Å². The molecule has 2 rings (SSSR count). The van der Waals surface area contributed by atoms with Crippen LogP contribution in [0.15, 0.2) is 12.5 Å². The topological polar surface area (TPSA) is 86.9 Å². The van der Waals surface area contributed by atoms with Crippen LogP contribution >= 0.6 is 0 Å². The van der Waals surface area contributed by atoms with Gasteiger partial charge in [0.15, 0.2) is 0 Å². The van der Waals surface area contributed by atoms with Crippen molar-refractivity contribution in [2.45, 2.75) is 31.7 Å². The van der Waals surface area contributed by atoms with Gasteiger partial charge in [-0.05, 0) is 19.4 Å². The van der Waals surface area contributed by atoms with Crippen molar-refractivity contribution < 1.29 is 8.42 Å². The van der Waals surface area contributed by atoms with Crippen LogP contribution in [0.2, 0.25) is 0 Å². The molecule has 0 bridgehead atoms. The fourth-order valence-electron chi connectivity index (χ4n) is 2.15. The van der Waals surface area contributed by atoms with Crippen molar-refractivity contribution in [3.05, 3.63) is 18.2 Å². The SMILES string of the molecule is O=S(=O)(CC1CCCCN1)NCCc1cnc[nH]1. The fourth-order valence-corrected chi connectivity index (χ4v) is 3.50. The molecule has 102 valence electrons. The molecular weight excluding hydrogens is 252 g/mol. The van der Waals surface area contributed by atoms with Crippen LogP contribution in [0.25, 0.3) is 0 Å². The number of hydrogen-bond donors (Lipinski definition) is 3. The Kier molecular flexibility index (Phi) is 4.73. The Balaban J connectivity index is 1.73. The molecule has 0 radical (unpaired) electrons. The predicted octanol–water partition coefficient (Wildman–Crippen LogP) is 0.0137. The highest BCUT2D eigenvalue weighted by molar-refractivity contribution is 7.89. The highest BCUT2D eigenvalue weighted by atomic mass is 32.2. The quantitative estimate of drug-likeness (QED) is 0.681. The van der Waals surface area contributed by atoms with E-state index in [1.807, 2.05) is 0 Å². The number of imidazole rings is 1. The minimum Gasteiger partial charge on any atom is -0.348 e. The lowest BCUT2D eigenvalue weighted by molar-refractivity contribution is 0.422. The van der Waals surface area contributed by atoms with Crippen LogP contribution in [0, 0.1) is 0 Å². The number of H-pyrrole nitrogens is 1. The summed E-state index contributed by atoms with van der Waals surface area (Å²) in [7, 11) is -3.18. The monoisotopic (exact) mass is 272 g/mol. The molecule has 6 nitrogen and oxygen atoms in total. The lowest BCUT2D eigenvalue weighted by atomic mass is 10.1. The number of hydrogen-bond acceptors (Lipinski definition) is 4. The first kappa shape index (κ1) is 13.5. The largest absolute Gasteiger partial charge is 0.348 e. The number of nitrogens with one attached hydrogen (secondary N) is 3. The second kappa shape index (κ2) is 6.31. The number of nitrogens with zero attached hydrogens (tertiary/aromatic N) is 1. The Bertz CT molecular complexity index is 438. The Morgan fingerprint density at radius 2 is 2.33 bits per heavy atom. The van der Waals surface area contributed by atoms with E-state index in [-0.39, 0.29) is 11.8 Å². The zero-order valence-corrected chi connectivity index (χ0v) is 11.2. The van der Waals surface area contributed by atoms with Gasteiger partial charge in [0.25, 0.3) is 0 Å². The maximum atomic E-state index is 11.9. The third-order valence-electron chi connectivity index (χ3n) is 3.10. The van der Waals surface area contributed by atoms with Crippen LogP contribution in [0.4, 0.5) is 0 Å². The molecule has 0 amide bonds. The Morgan fingerprint density at radius 3 is 3.00 bits per heavy atom. The van der Waals surface area contributed by atoms with Gasteiger partial charge in [-0.15, -0.1) is 0 Å². The van der Waals surface area contributed by atoms with Crippen LogP contribution in [-0.4, -0.2) is 43.3 Å². The number of aromatic amines is 1. The summed E-state index contributed by atoms with van der Waals surface area (Å²) in [4.78, 5) is 6.83. The molecule has 1 atom stereocenters. The van der Waals surface area contributed by atoms with Crippen molar-refractivity contribution in [1.29, 1.82) is 0 Å². The molecule has 0 saturated carbocycles. The zero-order valence-electron chi connectivity index (χ0n) is 10.4. The fraction of sp³-hybridized carbons (Fsp3) is 0.727. The van der Waals surface area contributed by atoms with Crippen molar-refractivity contribution >= 4 is 10.0 Å². The average molecular weight is 272 g/mol. The summed E-state index contributed by atoms with van der Waals surface area (Å²) in [5, 5.41) is 3.24. The minimum atomic E-state index is -3.18. The van der Waals surface area contributed by atoms with E-state index >= 15 is 0 Å². The van der Waals surface area contributed by atoms with Crippen LogP contribution in [0.1, 0.15) is 25.0 Å². The Hall–Kier alpha value is -0.920. The lowest BCUT2D eigenvalue weighted by Gasteiger charge is -2.23. The first-order chi connectivity index (χ1) is 8.66. The normalized spacial score (nSPS) is 21.0. The van der Waals surface area contributed by atoms with Crippen LogP contribution in [0.3, 0.4) is 0 Å². The van der Waals surface area contributed by atoms with E-state index in [1.165, 1.54) is 0 Å². The summed E-state index contributed by atoms with van der Waals surface area (Å²) in [6, 6.07) is 0.100. The van der Waals surface area contributed by atoms with Gasteiger partial charge >= 0.3 is 0 Å². The summed E-state index contributed by atoms with van der Waals surface area (Å²) in [5.41, 5.74) is 0.938. The molecule has 1 fully saturated rings. The van der Waals surface area contributed by atoms with E-state index < -0.39 is 10.0 Å². The molecule has 0 spiro atoms. The molecule has 3 N–H and O–H groups in total. The molecule has 1 saturated heterocycles. The maximum absolute atomic E-state index is 11.9. The molecule has 1 aliphatic rings. The highest BCUT2D eigenvalue weighted by Crippen LogP contribution is 2.08. The van der Waals surface area contributed by atoms with Gasteiger partial charge < -0.3 is 10.3 Å². The van der Waals surface area contributed by atoms with Gasteiger partial charge in [0, 0.05) is 30.9 Å². The van der Waals surface area contributed by atoms with Crippen molar-refractivity contribution in [3.63, 3.8) is 0 Å². The van der Waals surface area contributed by atoms with Crippen molar-refractivity contribution in [1.82, 2.24) is 20.0 Å². The minimum absolute atomic E-state index is 0.100.